The van der Waals surface area contributed by atoms with Crippen LogP contribution in [0.1, 0.15) is 12.8 Å². The highest BCUT2D eigenvalue weighted by Crippen LogP contribution is 2.26. The predicted molar refractivity (Wildman–Crippen MR) is 96.0 cm³/mol. The molecule has 1 aromatic carbocycles. The summed E-state index contributed by atoms with van der Waals surface area (Å²) in [6, 6.07) is 4.40. The fourth-order valence-corrected chi connectivity index (χ4v) is 2.18. The van der Waals surface area contributed by atoms with Gasteiger partial charge in [0.15, 0.2) is 0 Å². The Morgan fingerprint density at radius 3 is 2.80 bits per heavy atom. The van der Waals surface area contributed by atoms with Crippen LogP contribution in [0.4, 0.5) is 10.1 Å². The number of hydrogen-bond donors (Lipinski definition) is 2. The van der Waals surface area contributed by atoms with Crippen molar-refractivity contribution < 1.29 is 13.9 Å². The molecule has 1 saturated carbocycles. The molecule has 1 aliphatic carbocycles. The highest BCUT2D eigenvalue weighted by Gasteiger charge is 2.19. The molecule has 0 aromatic heterocycles. The molecule has 2 N–H and O–H groups in total. The van der Waals surface area contributed by atoms with E-state index < -0.39 is 11.7 Å². The van der Waals surface area contributed by atoms with Gasteiger partial charge in [-0.15, -0.1) is 0 Å². The average Bonchev–Trinajstić information content (AvgIpc) is 3.37. The summed E-state index contributed by atoms with van der Waals surface area (Å²) >= 11 is 0. The summed E-state index contributed by atoms with van der Waals surface area (Å²) in [5.41, 5.74) is 0.352. The van der Waals surface area contributed by atoms with Crippen molar-refractivity contribution in [1.29, 1.82) is 0 Å². The Hall–Kier alpha value is -2.54. The van der Waals surface area contributed by atoms with Crippen molar-refractivity contribution >= 4 is 24.0 Å². The standard InChI is InChI=1S/C18H21FN4O2/c1-20-8-13(9-21-7-12-2-3-12)18(24)23-17-5-4-14(6-16(17)19)25-15-10-22-11-15/h4-9,12,15,22H,2-3,10-11H2,1H3,(H,23,24)/b13-9+,20-8-,21-7+. The number of carbonyl (C=O) groups excluding carboxylic acids is 1. The summed E-state index contributed by atoms with van der Waals surface area (Å²) in [7, 11) is 1.56. The van der Waals surface area contributed by atoms with Crippen molar-refractivity contribution in [3.63, 3.8) is 0 Å². The Kier molecular flexibility index (Phi) is 5.55. The maximum Gasteiger partial charge on any atom is 0.258 e. The van der Waals surface area contributed by atoms with Crippen LogP contribution in [0.25, 0.3) is 0 Å². The van der Waals surface area contributed by atoms with Gasteiger partial charge in [0.2, 0.25) is 0 Å². The SMILES string of the molecule is C\N=C/C(=C\N=C\C1CC1)C(=O)Nc1ccc(OC2CNC2)cc1F. The van der Waals surface area contributed by atoms with Gasteiger partial charge in [0.05, 0.1) is 11.3 Å². The van der Waals surface area contributed by atoms with E-state index >= 15 is 0 Å². The minimum atomic E-state index is -0.549. The second-order valence-corrected chi connectivity index (χ2v) is 6.10. The zero-order valence-electron chi connectivity index (χ0n) is 14.0. The largest absolute Gasteiger partial charge is 0.488 e. The highest BCUT2D eigenvalue weighted by atomic mass is 19.1. The smallest absolute Gasteiger partial charge is 0.258 e. The lowest BCUT2D eigenvalue weighted by Crippen LogP contribution is -2.50. The summed E-state index contributed by atoms with van der Waals surface area (Å²) in [6.07, 6.45) is 7.01. The van der Waals surface area contributed by atoms with Crippen LogP contribution < -0.4 is 15.4 Å². The van der Waals surface area contributed by atoms with E-state index in [1.54, 1.807) is 13.1 Å². The molecule has 6 nitrogen and oxygen atoms in total. The molecule has 2 aliphatic rings. The van der Waals surface area contributed by atoms with Crippen LogP contribution in [0.15, 0.2) is 40.0 Å². The van der Waals surface area contributed by atoms with E-state index in [2.05, 4.69) is 20.6 Å². The lowest BCUT2D eigenvalue weighted by molar-refractivity contribution is -0.112. The number of aliphatic imine (C=N–C) groups is 2. The summed E-state index contributed by atoms with van der Waals surface area (Å²) in [5.74, 6) is -0.0568. The van der Waals surface area contributed by atoms with E-state index in [0.29, 0.717) is 11.7 Å². The molecule has 25 heavy (non-hydrogen) atoms. The predicted octanol–water partition coefficient (Wildman–Crippen LogP) is 2.18. The van der Waals surface area contributed by atoms with Gasteiger partial charge in [-0.05, 0) is 30.9 Å². The van der Waals surface area contributed by atoms with Gasteiger partial charge in [0, 0.05) is 44.8 Å². The molecule has 0 bridgehead atoms. The Morgan fingerprint density at radius 1 is 1.40 bits per heavy atom. The maximum atomic E-state index is 14.2. The van der Waals surface area contributed by atoms with E-state index in [0.717, 1.165) is 25.9 Å². The summed E-state index contributed by atoms with van der Waals surface area (Å²) < 4.78 is 19.8. The molecule has 1 saturated heterocycles. The topological polar surface area (TPSA) is 75.1 Å². The number of halogens is 1. The summed E-state index contributed by atoms with van der Waals surface area (Å²) in [6.45, 7) is 1.51. The van der Waals surface area contributed by atoms with E-state index in [-0.39, 0.29) is 17.4 Å². The second-order valence-electron chi connectivity index (χ2n) is 6.10. The minimum Gasteiger partial charge on any atom is -0.488 e. The molecular weight excluding hydrogens is 323 g/mol. The number of amides is 1. The minimum absolute atomic E-state index is 0.0690. The van der Waals surface area contributed by atoms with Crippen molar-refractivity contribution in [2.45, 2.75) is 18.9 Å². The van der Waals surface area contributed by atoms with Gasteiger partial charge in [-0.3, -0.25) is 14.8 Å². The van der Waals surface area contributed by atoms with Gasteiger partial charge >= 0.3 is 0 Å². The first-order chi connectivity index (χ1) is 12.2. The molecule has 1 amide bonds. The molecular formula is C18H21FN4O2. The zero-order valence-corrected chi connectivity index (χ0v) is 14.0. The van der Waals surface area contributed by atoms with Gasteiger partial charge in [-0.2, -0.15) is 0 Å². The van der Waals surface area contributed by atoms with Crippen LogP contribution in [-0.4, -0.2) is 44.6 Å². The number of nitrogens with zero attached hydrogens (tertiary/aromatic N) is 2. The van der Waals surface area contributed by atoms with Crippen molar-refractivity contribution in [1.82, 2.24) is 5.32 Å². The number of anilines is 1. The number of nitrogens with one attached hydrogen (secondary N) is 2. The van der Waals surface area contributed by atoms with Crippen LogP contribution in [0, 0.1) is 11.7 Å². The molecule has 0 spiro atoms. The lowest BCUT2D eigenvalue weighted by atomic mass is 10.2. The first kappa shape index (κ1) is 17.3. The van der Waals surface area contributed by atoms with E-state index in [9.17, 15) is 9.18 Å². The van der Waals surface area contributed by atoms with Crippen LogP contribution >= 0.6 is 0 Å². The third-order valence-corrected chi connectivity index (χ3v) is 3.90. The molecule has 0 unspecified atom stereocenters. The molecule has 132 valence electrons. The number of carbonyl (C=O) groups is 1. The second kappa shape index (κ2) is 8.02. The van der Waals surface area contributed by atoms with E-state index in [1.165, 1.54) is 24.5 Å². The first-order valence-corrected chi connectivity index (χ1v) is 8.29. The Bertz CT molecular complexity index is 722. The quantitative estimate of drug-likeness (QED) is 0.588. The molecule has 0 radical (unpaired) electrons. The normalized spacial score (nSPS) is 18.6. The number of hydrogen-bond acceptors (Lipinski definition) is 5. The van der Waals surface area contributed by atoms with Crippen molar-refractivity contribution in [2.24, 2.45) is 15.9 Å². The van der Waals surface area contributed by atoms with Crippen LogP contribution in [-0.2, 0) is 4.79 Å². The first-order valence-electron chi connectivity index (χ1n) is 8.29. The van der Waals surface area contributed by atoms with Gasteiger partial charge in [0.25, 0.3) is 5.91 Å². The van der Waals surface area contributed by atoms with Gasteiger partial charge < -0.3 is 15.4 Å². The van der Waals surface area contributed by atoms with Crippen LogP contribution in [0.5, 0.6) is 5.75 Å². The Morgan fingerprint density at radius 2 is 2.20 bits per heavy atom. The number of ether oxygens (including phenoxy) is 1. The summed E-state index contributed by atoms with van der Waals surface area (Å²) in [4.78, 5) is 20.3. The van der Waals surface area contributed by atoms with Gasteiger partial charge in [0.1, 0.15) is 17.7 Å². The third kappa shape index (κ3) is 4.96. The fraction of sp³-hybridized carbons (Fsp3) is 0.389. The van der Waals surface area contributed by atoms with Gasteiger partial charge in [-0.1, -0.05) is 0 Å². The van der Waals surface area contributed by atoms with Crippen LogP contribution in [0.3, 0.4) is 0 Å². The molecule has 7 heteroatoms. The zero-order chi connectivity index (χ0) is 17.6. The molecule has 1 aromatic rings. The molecule has 3 rings (SSSR count). The van der Waals surface area contributed by atoms with Crippen molar-refractivity contribution in [2.75, 3.05) is 25.5 Å². The monoisotopic (exact) mass is 344 g/mol. The maximum absolute atomic E-state index is 14.2. The summed E-state index contributed by atoms with van der Waals surface area (Å²) in [5, 5.41) is 5.62. The molecule has 1 aliphatic heterocycles. The molecule has 2 fully saturated rings. The number of benzene rings is 1. The Labute approximate surface area is 145 Å². The molecule has 0 atom stereocenters. The third-order valence-electron chi connectivity index (χ3n) is 3.90. The average molecular weight is 344 g/mol. The Balaban J connectivity index is 1.65. The fourth-order valence-electron chi connectivity index (χ4n) is 2.18. The van der Waals surface area contributed by atoms with Crippen molar-refractivity contribution in [3.05, 3.63) is 35.8 Å². The molecule has 1 heterocycles. The highest BCUT2D eigenvalue weighted by molar-refractivity contribution is 6.17. The van der Waals surface area contributed by atoms with Gasteiger partial charge in [-0.25, -0.2) is 4.39 Å². The van der Waals surface area contributed by atoms with E-state index in [4.69, 9.17) is 4.74 Å². The lowest BCUT2D eigenvalue weighted by Gasteiger charge is -2.27. The van der Waals surface area contributed by atoms with Crippen LogP contribution in [0.2, 0.25) is 0 Å². The van der Waals surface area contributed by atoms with Crippen molar-refractivity contribution in [3.8, 4) is 5.75 Å². The number of rotatable bonds is 7. The van der Waals surface area contributed by atoms with E-state index in [1.807, 2.05) is 6.21 Å².